The molecule has 11 heavy (non-hydrogen) atoms. The Morgan fingerprint density at radius 1 is 1.73 bits per heavy atom. The van der Waals surface area contributed by atoms with Crippen molar-refractivity contribution in [3.63, 3.8) is 0 Å². The van der Waals surface area contributed by atoms with Crippen molar-refractivity contribution in [1.82, 2.24) is 4.90 Å². The van der Waals surface area contributed by atoms with Crippen LogP contribution in [0.3, 0.4) is 0 Å². The second kappa shape index (κ2) is 3.00. The van der Waals surface area contributed by atoms with Crippen LogP contribution in [0, 0.1) is 0 Å². The number of hydrogen-bond acceptors (Lipinski definition) is 3. The number of nitrogens with two attached hydrogens (primary N) is 1. The minimum Gasteiger partial charge on any atom is -0.303 e. The van der Waals surface area contributed by atoms with Gasteiger partial charge in [0.25, 0.3) is 5.92 Å². The van der Waals surface area contributed by atoms with Crippen LogP contribution in [-0.4, -0.2) is 37.1 Å². The zero-order chi connectivity index (χ0) is 8.48. The average Bonchev–Trinajstić information content (AvgIpc) is 2.07. The molecule has 1 unspecified atom stereocenters. The van der Waals surface area contributed by atoms with Gasteiger partial charge in [0.1, 0.15) is 0 Å². The molecule has 1 saturated heterocycles. The predicted octanol–water partition coefficient (Wildman–Crippen LogP) is 0.216. The van der Waals surface area contributed by atoms with Crippen molar-refractivity contribution in [2.75, 3.05) is 20.2 Å². The molecule has 1 aliphatic rings. The Balaban J connectivity index is 2.45. The van der Waals surface area contributed by atoms with Gasteiger partial charge in [0.05, 0.1) is 13.2 Å². The molecular weight excluding hydrogens is 154 g/mol. The van der Waals surface area contributed by atoms with Crippen molar-refractivity contribution in [2.45, 2.75) is 18.4 Å². The maximum atomic E-state index is 12.6. The molecule has 0 aromatic heterocycles. The van der Waals surface area contributed by atoms with Gasteiger partial charge in [0.2, 0.25) is 0 Å². The van der Waals surface area contributed by atoms with Crippen LogP contribution in [0.25, 0.3) is 0 Å². The summed E-state index contributed by atoms with van der Waals surface area (Å²) in [6, 6.07) is -0.241. The second-order valence-corrected chi connectivity index (χ2v) is 2.96. The van der Waals surface area contributed by atoms with Gasteiger partial charge in [0, 0.05) is 12.5 Å². The highest BCUT2D eigenvalue weighted by Crippen LogP contribution is 2.30. The first kappa shape index (κ1) is 8.83. The number of likely N-dealkylation sites (tertiary alicyclic amines) is 1. The number of nitrogens with zero attached hydrogens (tertiary/aromatic N) is 1. The first-order valence-electron chi connectivity index (χ1n) is 3.45. The minimum atomic E-state index is -2.57. The van der Waals surface area contributed by atoms with Crippen LogP contribution >= 0.6 is 0 Å². The van der Waals surface area contributed by atoms with Gasteiger partial charge in [-0.3, -0.25) is 4.90 Å². The minimum absolute atomic E-state index is 0.152. The highest BCUT2D eigenvalue weighted by atomic mass is 19.3. The number of hydrogen-bond donors (Lipinski definition) is 1. The molecule has 1 rings (SSSR count). The molecule has 1 fully saturated rings. The largest absolute Gasteiger partial charge is 0.303 e. The Kier molecular flexibility index (Phi) is 2.41. The molecule has 3 nitrogen and oxygen atoms in total. The number of alkyl halides is 2. The van der Waals surface area contributed by atoms with E-state index in [9.17, 15) is 8.78 Å². The first-order chi connectivity index (χ1) is 5.05. The Labute approximate surface area is 64.1 Å². The molecule has 1 aliphatic heterocycles. The summed E-state index contributed by atoms with van der Waals surface area (Å²) in [5, 5.41) is 0. The molecule has 0 radical (unpaired) electrons. The lowest BCUT2D eigenvalue weighted by atomic mass is 10.2. The van der Waals surface area contributed by atoms with Crippen LogP contribution in [0.1, 0.15) is 6.42 Å². The van der Waals surface area contributed by atoms with E-state index in [2.05, 4.69) is 4.84 Å². The maximum Gasteiger partial charge on any atom is 0.262 e. The quantitative estimate of drug-likeness (QED) is 0.596. The van der Waals surface area contributed by atoms with Crippen molar-refractivity contribution >= 4 is 0 Å². The second-order valence-electron chi connectivity index (χ2n) is 2.96. The Bertz CT molecular complexity index is 143. The number of likely N-dealkylation sites (N-methyl/N-ethyl adjacent to an activating group) is 1. The van der Waals surface area contributed by atoms with E-state index in [0.29, 0.717) is 0 Å². The topological polar surface area (TPSA) is 38.5 Å². The van der Waals surface area contributed by atoms with Crippen molar-refractivity contribution in [2.24, 2.45) is 5.90 Å². The van der Waals surface area contributed by atoms with Crippen molar-refractivity contribution in [1.29, 1.82) is 0 Å². The van der Waals surface area contributed by atoms with Gasteiger partial charge >= 0.3 is 0 Å². The van der Waals surface area contributed by atoms with Crippen molar-refractivity contribution < 1.29 is 13.6 Å². The van der Waals surface area contributed by atoms with Crippen LogP contribution < -0.4 is 5.90 Å². The summed E-state index contributed by atoms with van der Waals surface area (Å²) in [5.41, 5.74) is 0. The van der Waals surface area contributed by atoms with E-state index in [0.717, 1.165) is 0 Å². The van der Waals surface area contributed by atoms with Gasteiger partial charge in [0.15, 0.2) is 0 Å². The summed E-state index contributed by atoms with van der Waals surface area (Å²) in [5.74, 6) is 2.22. The van der Waals surface area contributed by atoms with Crippen molar-refractivity contribution in [3.8, 4) is 0 Å². The SMILES string of the molecule is CN1CC(F)(F)CC1CON. The molecule has 2 N–H and O–H groups in total. The maximum absolute atomic E-state index is 12.6. The summed E-state index contributed by atoms with van der Waals surface area (Å²) >= 11 is 0. The highest BCUT2D eigenvalue weighted by Gasteiger charge is 2.43. The fourth-order valence-corrected chi connectivity index (χ4v) is 1.36. The Morgan fingerprint density at radius 2 is 2.36 bits per heavy atom. The van der Waals surface area contributed by atoms with E-state index >= 15 is 0 Å². The molecule has 1 atom stereocenters. The zero-order valence-electron chi connectivity index (χ0n) is 6.39. The summed E-state index contributed by atoms with van der Waals surface area (Å²) < 4.78 is 25.3. The Hall–Kier alpha value is -0.260. The van der Waals surface area contributed by atoms with E-state index < -0.39 is 5.92 Å². The van der Waals surface area contributed by atoms with Crippen LogP contribution in [0.5, 0.6) is 0 Å². The van der Waals surface area contributed by atoms with E-state index in [1.54, 1.807) is 11.9 Å². The van der Waals surface area contributed by atoms with Gasteiger partial charge in [-0.05, 0) is 7.05 Å². The zero-order valence-corrected chi connectivity index (χ0v) is 6.39. The molecule has 0 spiro atoms. The van der Waals surface area contributed by atoms with E-state index in [-0.39, 0.29) is 25.6 Å². The fraction of sp³-hybridized carbons (Fsp3) is 1.00. The third-order valence-electron chi connectivity index (χ3n) is 1.93. The lowest BCUT2D eigenvalue weighted by molar-refractivity contribution is 0.0128. The smallest absolute Gasteiger partial charge is 0.262 e. The normalized spacial score (nSPS) is 31.1. The van der Waals surface area contributed by atoms with Gasteiger partial charge in [-0.2, -0.15) is 0 Å². The van der Waals surface area contributed by atoms with Crippen molar-refractivity contribution in [3.05, 3.63) is 0 Å². The van der Waals surface area contributed by atoms with Crippen LogP contribution in [0.2, 0.25) is 0 Å². The summed E-state index contributed by atoms with van der Waals surface area (Å²) in [6.45, 7) is -0.0207. The third kappa shape index (κ3) is 2.08. The number of halogens is 2. The molecule has 66 valence electrons. The lowest BCUT2D eigenvalue weighted by Gasteiger charge is -2.15. The van der Waals surface area contributed by atoms with E-state index in [1.165, 1.54) is 0 Å². The average molecular weight is 166 g/mol. The molecule has 5 heteroatoms. The molecule has 0 aliphatic carbocycles. The van der Waals surface area contributed by atoms with Crippen LogP contribution in [0.15, 0.2) is 0 Å². The molecule has 0 saturated carbocycles. The standard InChI is InChI=1S/C6H12F2N2O/c1-10-4-6(7,8)2-5(10)3-11-9/h5H,2-4,9H2,1H3. The molecule has 1 heterocycles. The van der Waals surface area contributed by atoms with E-state index in [4.69, 9.17) is 5.90 Å². The highest BCUT2D eigenvalue weighted by molar-refractivity contribution is 4.88. The first-order valence-corrected chi connectivity index (χ1v) is 3.45. The lowest BCUT2D eigenvalue weighted by Crippen LogP contribution is -2.30. The Morgan fingerprint density at radius 3 is 2.73 bits per heavy atom. The monoisotopic (exact) mass is 166 g/mol. The van der Waals surface area contributed by atoms with Gasteiger partial charge in [-0.25, -0.2) is 14.7 Å². The molecular formula is C6H12F2N2O. The van der Waals surface area contributed by atoms with Gasteiger partial charge in [-0.1, -0.05) is 0 Å². The molecule has 0 amide bonds. The molecule has 0 bridgehead atoms. The van der Waals surface area contributed by atoms with E-state index in [1.807, 2.05) is 0 Å². The third-order valence-corrected chi connectivity index (χ3v) is 1.93. The summed E-state index contributed by atoms with van der Waals surface area (Å²) in [7, 11) is 1.64. The number of rotatable bonds is 2. The van der Waals surface area contributed by atoms with Crippen LogP contribution in [0.4, 0.5) is 8.78 Å². The predicted molar refractivity (Wildman–Crippen MR) is 36.1 cm³/mol. The van der Waals surface area contributed by atoms with Crippen LogP contribution in [-0.2, 0) is 4.84 Å². The molecule has 0 aromatic carbocycles. The summed E-state index contributed by atoms with van der Waals surface area (Å²) in [4.78, 5) is 5.88. The summed E-state index contributed by atoms with van der Waals surface area (Å²) in [6.07, 6.45) is -0.152. The van der Waals surface area contributed by atoms with Gasteiger partial charge < -0.3 is 4.84 Å². The molecule has 0 aromatic rings. The fourth-order valence-electron chi connectivity index (χ4n) is 1.36. The van der Waals surface area contributed by atoms with Gasteiger partial charge in [-0.15, -0.1) is 0 Å².